The third-order valence-corrected chi connectivity index (χ3v) is 2.36. The van der Waals surface area contributed by atoms with E-state index in [1.54, 1.807) is 0 Å². The van der Waals surface area contributed by atoms with Gasteiger partial charge in [0.2, 0.25) is 0 Å². The van der Waals surface area contributed by atoms with Crippen LogP contribution in [0.3, 0.4) is 0 Å². The minimum absolute atomic E-state index is 1.15. The first-order valence-electron chi connectivity index (χ1n) is 4.47. The number of likely N-dealkylation sites (N-methyl/N-ethyl adjacent to an activating group) is 1. The van der Waals surface area contributed by atoms with Crippen molar-refractivity contribution in [2.24, 2.45) is 0 Å². The first kappa shape index (κ1) is 9.33. The Bertz CT molecular complexity index is 176. The second-order valence-corrected chi connectivity index (χ2v) is 3.33. The van der Waals surface area contributed by atoms with Crippen molar-refractivity contribution in [2.45, 2.75) is 6.92 Å². The summed E-state index contributed by atoms with van der Waals surface area (Å²) >= 11 is 0. The van der Waals surface area contributed by atoms with Gasteiger partial charge in [-0.25, -0.2) is 0 Å². The van der Waals surface area contributed by atoms with Crippen LogP contribution in [0.25, 0.3) is 0 Å². The van der Waals surface area contributed by atoms with Crippen LogP contribution in [-0.2, 0) is 0 Å². The van der Waals surface area contributed by atoms with Crippen molar-refractivity contribution in [3.63, 3.8) is 0 Å². The van der Waals surface area contributed by atoms with Gasteiger partial charge in [-0.15, -0.1) is 0 Å². The molecule has 0 aromatic rings. The summed E-state index contributed by atoms with van der Waals surface area (Å²) in [4.78, 5) is 4.76. The summed E-state index contributed by atoms with van der Waals surface area (Å²) in [5, 5.41) is 0. The summed E-state index contributed by atoms with van der Waals surface area (Å²) in [6, 6.07) is 0. The van der Waals surface area contributed by atoms with E-state index in [9.17, 15) is 0 Å². The highest BCUT2D eigenvalue weighted by Crippen LogP contribution is 2.07. The largest absolute Gasteiger partial charge is 0.372 e. The highest BCUT2D eigenvalue weighted by Gasteiger charge is 2.12. The lowest BCUT2D eigenvalue weighted by Gasteiger charge is -2.34. The van der Waals surface area contributed by atoms with E-state index in [4.69, 9.17) is 0 Å². The van der Waals surface area contributed by atoms with E-state index < -0.39 is 0 Å². The second kappa shape index (κ2) is 4.31. The van der Waals surface area contributed by atoms with E-state index in [0.717, 1.165) is 13.1 Å². The van der Waals surface area contributed by atoms with Crippen molar-refractivity contribution >= 4 is 0 Å². The van der Waals surface area contributed by atoms with E-state index in [1.807, 2.05) is 6.08 Å². The predicted octanol–water partition coefficient (Wildman–Crippen LogP) is 1.32. The molecule has 68 valence electrons. The maximum absolute atomic E-state index is 3.70. The molecule has 2 nitrogen and oxygen atoms in total. The van der Waals surface area contributed by atoms with Gasteiger partial charge in [0.1, 0.15) is 0 Å². The molecule has 0 aromatic carbocycles. The molecule has 0 unspecified atom stereocenters. The second-order valence-electron chi connectivity index (χ2n) is 3.33. The molecule has 1 fully saturated rings. The van der Waals surface area contributed by atoms with Crippen LogP contribution in [0.15, 0.2) is 24.4 Å². The number of rotatable bonds is 2. The molecule has 0 aromatic heterocycles. The first-order chi connectivity index (χ1) is 5.74. The number of hydrogen-bond acceptors (Lipinski definition) is 2. The minimum atomic E-state index is 1.15. The average Bonchev–Trinajstić information content (AvgIpc) is 2.06. The van der Waals surface area contributed by atoms with Gasteiger partial charge in [0, 0.05) is 31.9 Å². The van der Waals surface area contributed by atoms with Crippen LogP contribution >= 0.6 is 0 Å². The fourth-order valence-electron chi connectivity index (χ4n) is 1.44. The van der Waals surface area contributed by atoms with E-state index in [-0.39, 0.29) is 0 Å². The van der Waals surface area contributed by atoms with Gasteiger partial charge in [-0.3, -0.25) is 0 Å². The molecule has 0 atom stereocenters. The molecule has 1 heterocycles. The van der Waals surface area contributed by atoms with Gasteiger partial charge < -0.3 is 9.80 Å². The smallest absolute Gasteiger partial charge is 0.0303 e. The topological polar surface area (TPSA) is 6.48 Å². The van der Waals surface area contributed by atoms with Crippen molar-refractivity contribution in [3.8, 4) is 0 Å². The Morgan fingerprint density at radius 3 is 2.33 bits per heavy atom. The van der Waals surface area contributed by atoms with Gasteiger partial charge >= 0.3 is 0 Å². The summed E-state index contributed by atoms with van der Waals surface area (Å²) in [5.74, 6) is 0. The van der Waals surface area contributed by atoms with Crippen LogP contribution in [-0.4, -0.2) is 43.0 Å². The summed E-state index contributed by atoms with van der Waals surface area (Å²) < 4.78 is 0. The summed E-state index contributed by atoms with van der Waals surface area (Å²) in [5.41, 5.74) is 1.33. The van der Waals surface area contributed by atoms with Crippen LogP contribution in [0.5, 0.6) is 0 Å². The summed E-state index contributed by atoms with van der Waals surface area (Å²) in [6.45, 7) is 10.5. The molecular formula is C10H18N2. The Hall–Kier alpha value is -0.760. The van der Waals surface area contributed by atoms with Gasteiger partial charge in [0.15, 0.2) is 0 Å². The molecule has 0 spiro atoms. The van der Waals surface area contributed by atoms with Crippen molar-refractivity contribution in [1.29, 1.82) is 0 Å². The zero-order valence-corrected chi connectivity index (χ0v) is 8.08. The lowest BCUT2D eigenvalue weighted by atomic mass is 10.3. The zero-order chi connectivity index (χ0) is 8.97. The molecule has 0 saturated carbocycles. The molecule has 0 aliphatic carbocycles. The third kappa shape index (κ3) is 2.38. The van der Waals surface area contributed by atoms with Crippen LogP contribution in [0, 0.1) is 0 Å². The van der Waals surface area contributed by atoms with Crippen molar-refractivity contribution in [3.05, 3.63) is 24.4 Å². The van der Waals surface area contributed by atoms with Gasteiger partial charge in [0.05, 0.1) is 0 Å². The highest BCUT2D eigenvalue weighted by atomic mass is 15.2. The molecular weight excluding hydrogens is 148 g/mol. The molecule has 0 N–H and O–H groups in total. The van der Waals surface area contributed by atoms with Crippen LogP contribution in [0.1, 0.15) is 6.92 Å². The maximum Gasteiger partial charge on any atom is 0.0303 e. The normalized spacial score (nSPS) is 21.2. The number of nitrogens with zero attached hydrogens (tertiary/aromatic N) is 2. The van der Waals surface area contributed by atoms with Crippen LogP contribution in [0.4, 0.5) is 0 Å². The van der Waals surface area contributed by atoms with Crippen molar-refractivity contribution < 1.29 is 0 Å². The fourth-order valence-corrected chi connectivity index (χ4v) is 1.44. The Morgan fingerprint density at radius 1 is 1.25 bits per heavy atom. The molecule has 1 rings (SSSR count). The monoisotopic (exact) mass is 166 g/mol. The Balaban J connectivity index is 2.44. The number of allylic oxidation sites excluding steroid dienone is 3. The third-order valence-electron chi connectivity index (χ3n) is 2.36. The minimum Gasteiger partial charge on any atom is -0.372 e. The number of hydrogen-bond donors (Lipinski definition) is 0. The van der Waals surface area contributed by atoms with Crippen LogP contribution < -0.4 is 0 Å². The Morgan fingerprint density at radius 2 is 1.83 bits per heavy atom. The highest BCUT2D eigenvalue weighted by molar-refractivity contribution is 5.07. The molecule has 1 aliphatic heterocycles. The average molecular weight is 166 g/mol. The molecule has 0 bridgehead atoms. The fraction of sp³-hybridized carbons (Fsp3) is 0.600. The Kier molecular flexibility index (Phi) is 3.35. The maximum atomic E-state index is 3.70. The summed E-state index contributed by atoms with van der Waals surface area (Å²) in [6.07, 6.45) is 3.93. The molecule has 1 aliphatic rings. The molecule has 12 heavy (non-hydrogen) atoms. The number of piperazine rings is 1. The molecule has 2 heteroatoms. The SMILES string of the molecule is C=C/C=C(/C)N1CCN(C)CC1. The molecule has 0 radical (unpaired) electrons. The van der Waals surface area contributed by atoms with Gasteiger partial charge in [-0.05, 0) is 20.0 Å². The first-order valence-corrected chi connectivity index (χ1v) is 4.47. The van der Waals surface area contributed by atoms with E-state index in [2.05, 4.69) is 36.4 Å². The molecule has 1 saturated heterocycles. The molecule has 0 amide bonds. The summed E-state index contributed by atoms with van der Waals surface area (Å²) in [7, 11) is 2.17. The zero-order valence-electron chi connectivity index (χ0n) is 8.08. The lowest BCUT2D eigenvalue weighted by Crippen LogP contribution is -2.43. The van der Waals surface area contributed by atoms with Crippen molar-refractivity contribution in [2.75, 3.05) is 33.2 Å². The van der Waals surface area contributed by atoms with E-state index in [1.165, 1.54) is 18.8 Å². The standard InChI is InChI=1S/C10H18N2/c1-4-5-10(2)12-8-6-11(3)7-9-12/h4-5H,1,6-9H2,2-3H3/b10-5-. The van der Waals surface area contributed by atoms with E-state index >= 15 is 0 Å². The van der Waals surface area contributed by atoms with Gasteiger partial charge in [-0.1, -0.05) is 12.7 Å². The van der Waals surface area contributed by atoms with Crippen LogP contribution in [0.2, 0.25) is 0 Å². The lowest BCUT2D eigenvalue weighted by molar-refractivity contribution is 0.186. The quantitative estimate of drug-likeness (QED) is 0.571. The Labute approximate surface area is 75.2 Å². The van der Waals surface area contributed by atoms with Gasteiger partial charge in [0.25, 0.3) is 0 Å². The van der Waals surface area contributed by atoms with E-state index in [0.29, 0.717) is 0 Å². The van der Waals surface area contributed by atoms with Crippen molar-refractivity contribution in [1.82, 2.24) is 9.80 Å². The van der Waals surface area contributed by atoms with Gasteiger partial charge in [-0.2, -0.15) is 0 Å². The predicted molar refractivity (Wildman–Crippen MR) is 53.0 cm³/mol.